The summed E-state index contributed by atoms with van der Waals surface area (Å²) in [5.74, 6) is -0.552. The fourth-order valence-electron chi connectivity index (χ4n) is 3.57. The van der Waals surface area contributed by atoms with Crippen LogP contribution in [0.25, 0.3) is 0 Å². The molecule has 6 nitrogen and oxygen atoms in total. The van der Waals surface area contributed by atoms with Crippen LogP contribution in [0.1, 0.15) is 42.5 Å². The molecule has 1 aliphatic rings. The number of aliphatic hydroxyl groups is 1. The maximum atomic E-state index is 12.9. The summed E-state index contributed by atoms with van der Waals surface area (Å²) in [5, 5.41) is 24.4. The standard InChI is InChI=1S/C23H20F3N3O3/c1-13-9-18(30)20(19(31)10-13)21(15-7-5-14(12-27)6-8-15)29-22(32)28-17-4-2-3-16(11-17)23(24,25)26/h2-8,11,13,21,30H,9-10H2,1H3,(H2,28,29,32). The lowest BCUT2D eigenvalue weighted by molar-refractivity contribution is -0.137. The Bertz CT molecular complexity index is 1100. The minimum Gasteiger partial charge on any atom is -0.512 e. The highest BCUT2D eigenvalue weighted by atomic mass is 19.4. The lowest BCUT2D eigenvalue weighted by Gasteiger charge is -2.27. The molecule has 0 saturated heterocycles. The first kappa shape index (κ1) is 22.9. The fourth-order valence-corrected chi connectivity index (χ4v) is 3.57. The summed E-state index contributed by atoms with van der Waals surface area (Å²) < 4.78 is 38.8. The van der Waals surface area contributed by atoms with Crippen molar-refractivity contribution in [2.75, 3.05) is 5.32 Å². The number of nitrogens with zero attached hydrogens (tertiary/aromatic N) is 1. The molecule has 0 bridgehead atoms. The van der Waals surface area contributed by atoms with E-state index in [-0.39, 0.29) is 41.6 Å². The van der Waals surface area contributed by atoms with Crippen molar-refractivity contribution in [3.63, 3.8) is 0 Å². The van der Waals surface area contributed by atoms with Crippen molar-refractivity contribution < 1.29 is 27.9 Å². The number of urea groups is 1. The van der Waals surface area contributed by atoms with Crippen molar-refractivity contribution in [3.05, 3.63) is 76.6 Å². The molecule has 32 heavy (non-hydrogen) atoms. The highest BCUT2D eigenvalue weighted by Gasteiger charge is 2.33. The molecule has 0 heterocycles. The number of hydrogen-bond acceptors (Lipinski definition) is 4. The number of nitrogens with one attached hydrogen (secondary N) is 2. The molecular formula is C23H20F3N3O3. The molecule has 9 heteroatoms. The average Bonchev–Trinajstić information content (AvgIpc) is 2.72. The molecule has 2 unspecified atom stereocenters. The number of ketones is 1. The molecule has 166 valence electrons. The maximum absolute atomic E-state index is 12.9. The quantitative estimate of drug-likeness (QED) is 0.601. The zero-order chi connectivity index (χ0) is 23.5. The third kappa shape index (κ3) is 5.27. The Morgan fingerprint density at radius 1 is 1.19 bits per heavy atom. The first-order valence-electron chi connectivity index (χ1n) is 9.78. The van der Waals surface area contributed by atoms with Gasteiger partial charge in [-0.15, -0.1) is 0 Å². The molecule has 0 saturated carbocycles. The van der Waals surface area contributed by atoms with E-state index in [0.29, 0.717) is 11.1 Å². The Labute approximate surface area is 182 Å². The van der Waals surface area contributed by atoms with Crippen LogP contribution in [0.15, 0.2) is 59.9 Å². The molecule has 0 fully saturated rings. The van der Waals surface area contributed by atoms with E-state index >= 15 is 0 Å². The molecule has 0 radical (unpaired) electrons. The Morgan fingerprint density at radius 2 is 1.88 bits per heavy atom. The monoisotopic (exact) mass is 443 g/mol. The molecule has 0 aliphatic heterocycles. The number of nitriles is 1. The molecule has 0 spiro atoms. The highest BCUT2D eigenvalue weighted by Crippen LogP contribution is 2.34. The second-order valence-electron chi connectivity index (χ2n) is 7.64. The molecule has 2 aromatic carbocycles. The smallest absolute Gasteiger partial charge is 0.416 e. The Balaban J connectivity index is 1.91. The largest absolute Gasteiger partial charge is 0.512 e. The van der Waals surface area contributed by atoms with Crippen molar-refractivity contribution in [1.29, 1.82) is 5.26 Å². The van der Waals surface area contributed by atoms with Crippen LogP contribution in [0.3, 0.4) is 0 Å². The number of carbonyl (C=O) groups is 2. The van der Waals surface area contributed by atoms with Gasteiger partial charge in [-0.05, 0) is 41.8 Å². The van der Waals surface area contributed by atoms with Crippen molar-refractivity contribution in [1.82, 2.24) is 5.32 Å². The number of benzene rings is 2. The number of aliphatic hydroxyl groups excluding tert-OH is 1. The van der Waals surface area contributed by atoms with Crippen LogP contribution in [0.5, 0.6) is 0 Å². The summed E-state index contributed by atoms with van der Waals surface area (Å²) in [7, 11) is 0. The van der Waals surface area contributed by atoms with Crippen molar-refractivity contribution in [3.8, 4) is 6.07 Å². The zero-order valence-electron chi connectivity index (χ0n) is 17.0. The summed E-state index contributed by atoms with van der Waals surface area (Å²) in [6.07, 6.45) is -4.13. The Morgan fingerprint density at radius 3 is 2.47 bits per heavy atom. The first-order chi connectivity index (χ1) is 15.1. The van der Waals surface area contributed by atoms with Gasteiger partial charge in [0.25, 0.3) is 0 Å². The van der Waals surface area contributed by atoms with Gasteiger partial charge >= 0.3 is 12.2 Å². The topological polar surface area (TPSA) is 102 Å². The SMILES string of the molecule is CC1CC(=O)C(C(NC(=O)Nc2cccc(C(F)(F)F)c2)c2ccc(C#N)cc2)=C(O)C1. The van der Waals surface area contributed by atoms with Gasteiger partial charge in [0, 0.05) is 18.5 Å². The van der Waals surface area contributed by atoms with Crippen molar-refractivity contribution in [2.45, 2.75) is 32.0 Å². The second kappa shape index (κ2) is 9.14. The molecule has 3 rings (SSSR count). The number of halogens is 3. The molecule has 0 aromatic heterocycles. The minimum atomic E-state index is -4.57. The molecule has 2 aromatic rings. The Kier molecular flexibility index (Phi) is 6.53. The number of hydrogen-bond donors (Lipinski definition) is 3. The van der Waals surface area contributed by atoms with Crippen molar-refractivity contribution in [2.24, 2.45) is 5.92 Å². The van der Waals surface area contributed by atoms with E-state index in [0.717, 1.165) is 18.2 Å². The van der Waals surface area contributed by atoms with E-state index < -0.39 is 23.8 Å². The fraction of sp³-hybridized carbons (Fsp3) is 0.261. The molecule has 2 amide bonds. The van der Waals surface area contributed by atoms with E-state index in [2.05, 4.69) is 10.6 Å². The zero-order valence-corrected chi connectivity index (χ0v) is 17.0. The van der Waals surface area contributed by atoms with Crippen LogP contribution in [0, 0.1) is 17.2 Å². The van der Waals surface area contributed by atoms with Gasteiger partial charge in [-0.3, -0.25) is 4.79 Å². The summed E-state index contributed by atoms with van der Waals surface area (Å²) in [6, 6.07) is 10.3. The normalized spacial score (nSPS) is 17.5. The Hall–Kier alpha value is -3.80. The molecule has 1 aliphatic carbocycles. The van der Waals surface area contributed by atoms with Crippen LogP contribution in [-0.2, 0) is 11.0 Å². The summed E-state index contributed by atoms with van der Waals surface area (Å²) >= 11 is 0. The number of allylic oxidation sites excluding steroid dienone is 1. The third-order valence-corrected chi connectivity index (χ3v) is 5.07. The van der Waals surface area contributed by atoms with E-state index in [4.69, 9.17) is 5.26 Å². The van der Waals surface area contributed by atoms with Crippen LogP contribution in [0.2, 0.25) is 0 Å². The summed E-state index contributed by atoms with van der Waals surface area (Å²) in [5.41, 5.74) is -0.184. The lowest BCUT2D eigenvalue weighted by Crippen LogP contribution is -2.37. The number of amides is 2. The van der Waals surface area contributed by atoms with Gasteiger partial charge in [-0.2, -0.15) is 18.4 Å². The van der Waals surface area contributed by atoms with Gasteiger partial charge in [-0.1, -0.05) is 25.1 Å². The molecule has 2 atom stereocenters. The number of Topliss-reactive ketones (excluding diaryl/α,β-unsaturated/α-hetero) is 1. The second-order valence-corrected chi connectivity index (χ2v) is 7.64. The summed E-state index contributed by atoms with van der Waals surface area (Å²) in [6.45, 7) is 1.81. The van der Waals surface area contributed by atoms with Gasteiger partial charge in [0.1, 0.15) is 5.76 Å². The average molecular weight is 443 g/mol. The number of rotatable bonds is 4. The van der Waals surface area contributed by atoms with Gasteiger partial charge in [0.15, 0.2) is 5.78 Å². The van der Waals surface area contributed by atoms with Gasteiger partial charge in [0.2, 0.25) is 0 Å². The predicted octanol–water partition coefficient (Wildman–Crippen LogP) is 5.25. The van der Waals surface area contributed by atoms with E-state index in [1.54, 1.807) is 12.1 Å². The molecule has 3 N–H and O–H groups in total. The number of alkyl halides is 3. The lowest BCUT2D eigenvalue weighted by atomic mass is 9.83. The van der Waals surface area contributed by atoms with Crippen LogP contribution >= 0.6 is 0 Å². The minimum absolute atomic E-state index is 0.0204. The maximum Gasteiger partial charge on any atom is 0.416 e. The third-order valence-electron chi connectivity index (χ3n) is 5.07. The summed E-state index contributed by atoms with van der Waals surface area (Å²) in [4.78, 5) is 25.3. The van der Waals surface area contributed by atoms with E-state index in [9.17, 15) is 27.9 Å². The van der Waals surface area contributed by atoms with Gasteiger partial charge < -0.3 is 15.7 Å². The number of anilines is 1. The first-order valence-corrected chi connectivity index (χ1v) is 9.78. The number of carbonyl (C=O) groups excluding carboxylic acids is 2. The van der Waals surface area contributed by atoms with Crippen LogP contribution in [0.4, 0.5) is 23.7 Å². The van der Waals surface area contributed by atoms with Gasteiger partial charge in [0.05, 0.1) is 28.8 Å². The van der Waals surface area contributed by atoms with Gasteiger partial charge in [-0.25, -0.2) is 4.79 Å². The molecular weight excluding hydrogens is 423 g/mol. The van der Waals surface area contributed by atoms with Crippen molar-refractivity contribution >= 4 is 17.5 Å². The van der Waals surface area contributed by atoms with Crippen LogP contribution in [-0.4, -0.2) is 16.9 Å². The predicted molar refractivity (Wildman–Crippen MR) is 111 cm³/mol. The van der Waals surface area contributed by atoms with Crippen LogP contribution < -0.4 is 10.6 Å². The van der Waals surface area contributed by atoms with E-state index in [1.165, 1.54) is 18.2 Å². The van der Waals surface area contributed by atoms with E-state index in [1.807, 2.05) is 13.0 Å². The highest BCUT2D eigenvalue weighted by molar-refractivity contribution is 5.99.